The highest BCUT2D eigenvalue weighted by molar-refractivity contribution is 7.12. The first kappa shape index (κ1) is 18.6. The summed E-state index contributed by atoms with van der Waals surface area (Å²) in [6, 6.07) is 9.52. The predicted octanol–water partition coefficient (Wildman–Crippen LogP) is 4.01. The molecule has 3 rings (SSSR count). The Hall–Kier alpha value is -3.14. The maximum absolute atomic E-state index is 13.0. The van der Waals surface area contributed by atoms with Crippen molar-refractivity contribution in [3.05, 3.63) is 64.1 Å². The number of amides is 2. The van der Waals surface area contributed by atoms with Gasteiger partial charge < -0.3 is 10.6 Å². The number of nitrogens with zero attached hydrogens (tertiary/aromatic N) is 2. The van der Waals surface area contributed by atoms with Crippen LogP contribution >= 0.6 is 11.3 Å². The smallest absolute Gasteiger partial charge is 0.322 e. The number of hydrogen-bond acceptors (Lipinski definition) is 4. The second-order valence-corrected chi connectivity index (χ2v) is 6.48. The van der Waals surface area contributed by atoms with Crippen molar-refractivity contribution in [1.82, 2.24) is 9.78 Å². The van der Waals surface area contributed by atoms with Crippen LogP contribution in [0.1, 0.15) is 25.7 Å². The summed E-state index contributed by atoms with van der Waals surface area (Å²) in [5.41, 5.74) is -1.21. The fraction of sp³-hybridized carbons (Fsp3) is 0.118. The molecule has 2 heterocycles. The molecule has 0 spiro atoms. The van der Waals surface area contributed by atoms with Crippen molar-refractivity contribution in [2.75, 3.05) is 10.6 Å². The molecule has 0 aliphatic rings. The SMILES string of the molecule is Cn1cc(C(=O)Nc2cccc(NC(=O)c3cccs3)c2)c(C(F)(F)F)n1. The van der Waals surface area contributed by atoms with Crippen LogP contribution in [-0.4, -0.2) is 21.6 Å². The third kappa shape index (κ3) is 4.34. The van der Waals surface area contributed by atoms with E-state index in [1.165, 1.54) is 30.5 Å². The molecule has 3 aromatic rings. The second-order valence-electron chi connectivity index (χ2n) is 5.53. The van der Waals surface area contributed by atoms with Crippen molar-refractivity contribution in [1.29, 1.82) is 0 Å². The van der Waals surface area contributed by atoms with Gasteiger partial charge in [-0.2, -0.15) is 18.3 Å². The zero-order chi connectivity index (χ0) is 19.6. The zero-order valence-corrected chi connectivity index (χ0v) is 14.7. The summed E-state index contributed by atoms with van der Waals surface area (Å²) in [5, 5.41) is 10.1. The van der Waals surface area contributed by atoms with Gasteiger partial charge in [-0.1, -0.05) is 12.1 Å². The number of aryl methyl sites for hydroxylation is 1. The summed E-state index contributed by atoms with van der Waals surface area (Å²) in [7, 11) is 1.30. The molecule has 2 aromatic heterocycles. The van der Waals surface area contributed by atoms with E-state index in [0.29, 0.717) is 10.6 Å². The number of hydrogen-bond donors (Lipinski definition) is 2. The average Bonchev–Trinajstić information content (AvgIpc) is 3.24. The van der Waals surface area contributed by atoms with Crippen molar-refractivity contribution in [2.24, 2.45) is 7.05 Å². The van der Waals surface area contributed by atoms with Crippen LogP contribution in [0, 0.1) is 0 Å². The molecule has 0 bridgehead atoms. The van der Waals surface area contributed by atoms with E-state index in [1.807, 2.05) is 0 Å². The maximum Gasteiger partial charge on any atom is 0.435 e. The van der Waals surface area contributed by atoms with E-state index >= 15 is 0 Å². The van der Waals surface area contributed by atoms with Crippen molar-refractivity contribution < 1.29 is 22.8 Å². The molecule has 10 heteroatoms. The van der Waals surface area contributed by atoms with Crippen LogP contribution in [0.15, 0.2) is 48.0 Å². The molecule has 2 amide bonds. The average molecular weight is 394 g/mol. The first-order valence-corrected chi connectivity index (χ1v) is 8.49. The van der Waals surface area contributed by atoms with E-state index in [4.69, 9.17) is 0 Å². The summed E-state index contributed by atoms with van der Waals surface area (Å²) >= 11 is 1.27. The van der Waals surface area contributed by atoms with Crippen molar-refractivity contribution in [3.63, 3.8) is 0 Å². The quantitative estimate of drug-likeness (QED) is 0.702. The number of carbonyl (C=O) groups excluding carboxylic acids is 2. The van der Waals surface area contributed by atoms with Gasteiger partial charge in [-0.15, -0.1) is 11.3 Å². The summed E-state index contributed by atoms with van der Waals surface area (Å²) < 4.78 is 39.9. The van der Waals surface area contributed by atoms with Gasteiger partial charge in [-0.3, -0.25) is 14.3 Å². The number of halogens is 3. The Bertz CT molecular complexity index is 980. The van der Waals surface area contributed by atoms with Crippen molar-refractivity contribution in [3.8, 4) is 0 Å². The molecule has 0 aliphatic carbocycles. The fourth-order valence-electron chi connectivity index (χ4n) is 2.34. The lowest BCUT2D eigenvalue weighted by Crippen LogP contribution is -2.18. The highest BCUT2D eigenvalue weighted by Gasteiger charge is 2.39. The Morgan fingerprint density at radius 3 is 2.33 bits per heavy atom. The molecule has 27 heavy (non-hydrogen) atoms. The van der Waals surface area contributed by atoms with E-state index in [1.54, 1.807) is 29.6 Å². The summed E-state index contributed by atoms with van der Waals surface area (Å²) in [5.74, 6) is -1.27. The highest BCUT2D eigenvalue weighted by Crippen LogP contribution is 2.31. The van der Waals surface area contributed by atoms with Gasteiger partial charge >= 0.3 is 6.18 Å². The Labute approximate surface area is 155 Å². The molecule has 0 atom stereocenters. The minimum atomic E-state index is -4.75. The minimum Gasteiger partial charge on any atom is -0.322 e. The van der Waals surface area contributed by atoms with Gasteiger partial charge in [0, 0.05) is 24.6 Å². The molecule has 0 saturated carbocycles. The minimum absolute atomic E-state index is 0.237. The first-order chi connectivity index (χ1) is 12.7. The van der Waals surface area contributed by atoms with E-state index in [2.05, 4.69) is 15.7 Å². The lowest BCUT2D eigenvalue weighted by molar-refractivity contribution is -0.141. The molecule has 2 N–H and O–H groups in total. The van der Waals surface area contributed by atoms with E-state index < -0.39 is 23.3 Å². The van der Waals surface area contributed by atoms with Gasteiger partial charge in [-0.05, 0) is 29.6 Å². The molecule has 0 radical (unpaired) electrons. The van der Waals surface area contributed by atoms with Crippen LogP contribution < -0.4 is 10.6 Å². The first-order valence-electron chi connectivity index (χ1n) is 7.61. The van der Waals surface area contributed by atoms with E-state index in [9.17, 15) is 22.8 Å². The van der Waals surface area contributed by atoms with Crippen molar-refractivity contribution in [2.45, 2.75) is 6.18 Å². The number of anilines is 2. The third-order valence-electron chi connectivity index (χ3n) is 3.47. The number of thiophene rings is 1. The molecule has 0 aliphatic heterocycles. The molecule has 0 fully saturated rings. The lowest BCUT2D eigenvalue weighted by Gasteiger charge is -2.09. The Kier molecular flexibility index (Phi) is 5.00. The fourth-order valence-corrected chi connectivity index (χ4v) is 2.96. The number of carbonyl (C=O) groups is 2. The van der Waals surface area contributed by atoms with Crippen LogP contribution in [-0.2, 0) is 13.2 Å². The Morgan fingerprint density at radius 1 is 1.07 bits per heavy atom. The van der Waals surface area contributed by atoms with Crippen LogP contribution in [0.25, 0.3) is 0 Å². The standard InChI is InChI=1S/C17H13F3N4O2S/c1-24-9-12(14(23-24)17(18,19)20)15(25)21-10-4-2-5-11(8-10)22-16(26)13-6-3-7-27-13/h2-9H,1H3,(H,21,25)(H,22,26). The number of alkyl halides is 3. The van der Waals surface area contributed by atoms with Gasteiger partial charge in [0.1, 0.15) is 0 Å². The lowest BCUT2D eigenvalue weighted by atomic mass is 10.2. The molecular formula is C17H13F3N4O2S. The monoisotopic (exact) mass is 394 g/mol. The van der Waals surface area contributed by atoms with Gasteiger partial charge in [0.25, 0.3) is 11.8 Å². The molecule has 0 saturated heterocycles. The van der Waals surface area contributed by atoms with Crippen LogP contribution in [0.5, 0.6) is 0 Å². The summed E-state index contributed by atoms with van der Waals surface area (Å²) in [4.78, 5) is 24.8. The molecule has 140 valence electrons. The zero-order valence-electron chi connectivity index (χ0n) is 13.9. The third-order valence-corrected chi connectivity index (χ3v) is 4.33. The Morgan fingerprint density at radius 2 is 1.74 bits per heavy atom. The maximum atomic E-state index is 13.0. The van der Waals surface area contributed by atoms with Crippen LogP contribution in [0.4, 0.5) is 24.5 Å². The molecule has 1 aromatic carbocycles. The number of benzene rings is 1. The van der Waals surface area contributed by atoms with Gasteiger partial charge in [0.15, 0.2) is 5.69 Å². The second kappa shape index (κ2) is 7.23. The molecule has 0 unspecified atom stereocenters. The molecule has 6 nitrogen and oxygen atoms in total. The number of rotatable bonds is 4. The highest BCUT2D eigenvalue weighted by atomic mass is 32.1. The van der Waals surface area contributed by atoms with Gasteiger partial charge in [0.05, 0.1) is 10.4 Å². The van der Waals surface area contributed by atoms with E-state index in [0.717, 1.165) is 10.9 Å². The van der Waals surface area contributed by atoms with E-state index in [-0.39, 0.29) is 11.6 Å². The van der Waals surface area contributed by atoms with Gasteiger partial charge in [0.2, 0.25) is 0 Å². The predicted molar refractivity (Wildman–Crippen MR) is 94.9 cm³/mol. The van der Waals surface area contributed by atoms with Crippen LogP contribution in [0.3, 0.4) is 0 Å². The van der Waals surface area contributed by atoms with Crippen molar-refractivity contribution >= 4 is 34.5 Å². The summed E-state index contributed by atoms with van der Waals surface area (Å²) in [6.07, 6.45) is -3.75. The Balaban J connectivity index is 1.77. The number of aromatic nitrogens is 2. The normalized spacial score (nSPS) is 11.3. The molecular weight excluding hydrogens is 381 g/mol. The van der Waals surface area contributed by atoms with Gasteiger partial charge in [-0.25, -0.2) is 0 Å². The largest absolute Gasteiger partial charge is 0.435 e. The van der Waals surface area contributed by atoms with Crippen LogP contribution in [0.2, 0.25) is 0 Å². The number of nitrogens with one attached hydrogen (secondary N) is 2. The summed E-state index contributed by atoms with van der Waals surface area (Å²) in [6.45, 7) is 0. The topological polar surface area (TPSA) is 76.0 Å².